The molecule has 9 rings (SSSR count). The van der Waals surface area contributed by atoms with E-state index in [1.807, 2.05) is 60.7 Å². The number of fused-ring (bicyclic) bond motifs is 3. The monoisotopic (exact) mass is 685 g/mol. The first kappa shape index (κ1) is 31.7. The van der Waals surface area contributed by atoms with Gasteiger partial charge in [0.25, 0.3) is 0 Å². The van der Waals surface area contributed by atoms with Gasteiger partial charge in [0.15, 0.2) is 7.14 Å². The highest BCUT2D eigenvalue weighted by Crippen LogP contribution is 2.61. The maximum Gasteiger partial charge on any atom is 0.171 e. The molecule has 8 aromatic rings. The molecule has 52 heavy (non-hydrogen) atoms. The molecule has 248 valence electrons. The Balaban J connectivity index is 1.52. The second-order valence-corrected chi connectivity index (χ2v) is 15.9. The minimum Gasteiger partial charge on any atom is -0.323 e. The second kappa shape index (κ2) is 13.2. The number of hydrogen-bond donors (Lipinski definition) is 0. The molecule has 0 spiro atoms. The smallest absolute Gasteiger partial charge is 0.171 e. The van der Waals surface area contributed by atoms with E-state index in [9.17, 15) is 0 Å². The lowest BCUT2D eigenvalue weighted by molar-refractivity contribution is 0.592. The van der Waals surface area contributed by atoms with Gasteiger partial charge >= 0.3 is 0 Å². The molecule has 0 amide bonds. The van der Waals surface area contributed by atoms with E-state index in [1.165, 1.54) is 5.56 Å². The third-order valence-corrected chi connectivity index (χ3v) is 13.5. The van der Waals surface area contributed by atoms with E-state index in [0.29, 0.717) is 0 Å². The van der Waals surface area contributed by atoms with Crippen molar-refractivity contribution in [2.45, 2.75) is 5.54 Å². The summed E-state index contributed by atoms with van der Waals surface area (Å²) in [5, 5.41) is 2.44. The van der Waals surface area contributed by atoms with Crippen molar-refractivity contribution in [1.29, 1.82) is 0 Å². The standard InChI is InChI=1S/C49H36NOP/c51-52(41-29-15-5-16-30-41,42-31-17-6-18-32-42)46-36-35-44-43-33-19-20-34-45(43)49(38-23-9-2-10-24-38,48(44)47(46)37-21-7-1-8-22-37)50(39-25-11-3-12-26-39)40-27-13-4-14-28-40/h1-36H. The van der Waals surface area contributed by atoms with Crippen LogP contribution in [0.5, 0.6) is 0 Å². The summed E-state index contributed by atoms with van der Waals surface area (Å²) in [6.07, 6.45) is 0. The van der Waals surface area contributed by atoms with E-state index in [2.05, 4.69) is 163 Å². The van der Waals surface area contributed by atoms with E-state index >= 15 is 4.57 Å². The van der Waals surface area contributed by atoms with Gasteiger partial charge in [0.1, 0.15) is 5.54 Å². The van der Waals surface area contributed by atoms with Crippen molar-refractivity contribution in [2.24, 2.45) is 0 Å². The molecule has 1 unspecified atom stereocenters. The Morgan fingerprint density at radius 3 is 1.38 bits per heavy atom. The molecule has 0 bridgehead atoms. The second-order valence-electron chi connectivity index (χ2n) is 13.2. The quantitative estimate of drug-likeness (QED) is 0.148. The Labute approximate surface area is 305 Å². The maximum atomic E-state index is 16.5. The van der Waals surface area contributed by atoms with Crippen molar-refractivity contribution in [1.82, 2.24) is 0 Å². The number of benzene rings is 8. The minimum atomic E-state index is -3.45. The predicted octanol–water partition coefficient (Wildman–Crippen LogP) is 11.1. The van der Waals surface area contributed by atoms with Crippen LogP contribution in [0.15, 0.2) is 218 Å². The molecule has 0 fully saturated rings. The topological polar surface area (TPSA) is 20.3 Å². The average molecular weight is 686 g/mol. The van der Waals surface area contributed by atoms with Crippen LogP contribution in [0.2, 0.25) is 0 Å². The molecule has 8 aromatic carbocycles. The minimum absolute atomic E-state index is 0.808. The summed E-state index contributed by atoms with van der Waals surface area (Å²) in [7, 11) is -3.45. The maximum absolute atomic E-state index is 16.5. The molecule has 0 radical (unpaired) electrons. The Morgan fingerprint density at radius 1 is 0.404 bits per heavy atom. The molecular formula is C49H36NOP. The summed E-state index contributed by atoms with van der Waals surface area (Å²) in [6, 6.07) is 76.1. The summed E-state index contributed by atoms with van der Waals surface area (Å²) in [5.74, 6) is 0. The molecule has 0 N–H and O–H groups in total. The molecule has 2 nitrogen and oxygen atoms in total. The molecule has 1 atom stereocenters. The van der Waals surface area contributed by atoms with Gasteiger partial charge in [0.2, 0.25) is 0 Å². The summed E-state index contributed by atoms with van der Waals surface area (Å²) in [4.78, 5) is 2.50. The van der Waals surface area contributed by atoms with Gasteiger partial charge in [-0.15, -0.1) is 0 Å². The summed E-state index contributed by atoms with van der Waals surface area (Å²) < 4.78 is 16.5. The number of rotatable bonds is 8. The van der Waals surface area contributed by atoms with Gasteiger partial charge in [-0.1, -0.05) is 188 Å². The SMILES string of the molecule is O=P(c1ccccc1)(c1ccccc1)c1ccc2c(c1-c1ccccc1)C(c1ccccc1)(N(c1ccccc1)c1ccccc1)c1ccccc1-2. The van der Waals surface area contributed by atoms with Gasteiger partial charge in [-0.25, -0.2) is 0 Å². The van der Waals surface area contributed by atoms with Gasteiger partial charge < -0.3 is 9.46 Å². The van der Waals surface area contributed by atoms with Gasteiger partial charge in [-0.2, -0.15) is 0 Å². The number of anilines is 2. The molecule has 0 heterocycles. The number of para-hydroxylation sites is 2. The van der Waals surface area contributed by atoms with Crippen molar-refractivity contribution in [2.75, 3.05) is 4.90 Å². The molecule has 3 heteroatoms. The van der Waals surface area contributed by atoms with Crippen LogP contribution in [-0.2, 0) is 10.1 Å². The molecule has 1 aliphatic carbocycles. The van der Waals surface area contributed by atoms with Crippen LogP contribution in [0, 0.1) is 0 Å². The van der Waals surface area contributed by atoms with Crippen LogP contribution in [0.1, 0.15) is 16.7 Å². The van der Waals surface area contributed by atoms with E-state index in [0.717, 1.165) is 60.7 Å². The summed E-state index contributed by atoms with van der Waals surface area (Å²) in [6.45, 7) is 0. The Kier molecular flexibility index (Phi) is 8.03. The average Bonchev–Trinajstić information content (AvgIpc) is 3.53. The summed E-state index contributed by atoms with van der Waals surface area (Å²) >= 11 is 0. The molecule has 0 saturated carbocycles. The van der Waals surface area contributed by atoms with Crippen molar-refractivity contribution < 1.29 is 4.57 Å². The van der Waals surface area contributed by atoms with Crippen molar-refractivity contribution in [3.05, 3.63) is 235 Å². The van der Waals surface area contributed by atoms with Crippen LogP contribution in [0.4, 0.5) is 11.4 Å². The normalized spacial score (nSPS) is 14.7. The molecule has 0 aromatic heterocycles. The zero-order valence-electron chi connectivity index (χ0n) is 28.6. The summed E-state index contributed by atoms with van der Waals surface area (Å²) in [5.41, 5.74) is 8.96. The number of hydrogen-bond acceptors (Lipinski definition) is 2. The number of nitrogens with zero attached hydrogens (tertiary/aromatic N) is 1. The third-order valence-electron chi connectivity index (χ3n) is 10.3. The zero-order valence-corrected chi connectivity index (χ0v) is 29.5. The van der Waals surface area contributed by atoms with Crippen molar-refractivity contribution >= 4 is 34.4 Å². The van der Waals surface area contributed by atoms with Crippen LogP contribution in [-0.4, -0.2) is 0 Å². The largest absolute Gasteiger partial charge is 0.323 e. The Morgan fingerprint density at radius 2 is 0.846 bits per heavy atom. The predicted molar refractivity (Wildman–Crippen MR) is 218 cm³/mol. The van der Waals surface area contributed by atoms with Crippen LogP contribution in [0.3, 0.4) is 0 Å². The lowest BCUT2D eigenvalue weighted by atomic mass is 9.75. The van der Waals surface area contributed by atoms with E-state index in [4.69, 9.17) is 0 Å². The first-order valence-electron chi connectivity index (χ1n) is 17.7. The van der Waals surface area contributed by atoms with Crippen molar-refractivity contribution in [3.63, 3.8) is 0 Å². The molecule has 1 aliphatic rings. The fraction of sp³-hybridized carbons (Fsp3) is 0.0204. The fourth-order valence-corrected chi connectivity index (χ4v) is 11.1. The van der Waals surface area contributed by atoms with Crippen LogP contribution < -0.4 is 20.8 Å². The van der Waals surface area contributed by atoms with E-state index < -0.39 is 12.7 Å². The molecule has 0 aliphatic heterocycles. The van der Waals surface area contributed by atoms with Gasteiger partial charge in [0.05, 0.1) is 0 Å². The lowest BCUT2D eigenvalue weighted by Crippen LogP contribution is -2.45. The van der Waals surface area contributed by atoms with Gasteiger partial charge in [-0.05, 0) is 63.7 Å². The Bertz CT molecular complexity index is 2440. The highest BCUT2D eigenvalue weighted by Gasteiger charge is 2.52. The highest BCUT2D eigenvalue weighted by atomic mass is 31.2. The van der Waals surface area contributed by atoms with Gasteiger partial charge in [0, 0.05) is 32.9 Å². The van der Waals surface area contributed by atoms with Crippen LogP contribution >= 0.6 is 7.14 Å². The third kappa shape index (κ3) is 4.91. The first-order valence-corrected chi connectivity index (χ1v) is 19.4. The van der Waals surface area contributed by atoms with Crippen molar-refractivity contribution in [3.8, 4) is 22.3 Å². The molecular weight excluding hydrogens is 650 g/mol. The zero-order chi connectivity index (χ0) is 35.0. The first-order chi connectivity index (χ1) is 25.7. The Hall–Kier alpha value is -6.21. The van der Waals surface area contributed by atoms with E-state index in [-0.39, 0.29) is 0 Å². The lowest BCUT2D eigenvalue weighted by Gasteiger charge is -2.46. The van der Waals surface area contributed by atoms with Crippen LogP contribution in [0.25, 0.3) is 22.3 Å². The van der Waals surface area contributed by atoms with Gasteiger partial charge in [-0.3, -0.25) is 0 Å². The van der Waals surface area contributed by atoms with E-state index in [1.54, 1.807) is 0 Å². The highest BCUT2D eigenvalue weighted by molar-refractivity contribution is 7.85. The molecule has 0 saturated heterocycles. The fourth-order valence-electron chi connectivity index (χ4n) is 8.25.